The Labute approximate surface area is 113 Å². The van der Waals surface area contributed by atoms with Crippen molar-refractivity contribution in [3.63, 3.8) is 0 Å². The minimum Gasteiger partial charge on any atom is -0.480 e. The van der Waals surface area contributed by atoms with Gasteiger partial charge >= 0.3 is 12.1 Å². The summed E-state index contributed by atoms with van der Waals surface area (Å²) in [6.07, 6.45) is -0.671. The minimum atomic E-state index is -1.18. The van der Waals surface area contributed by atoms with Crippen molar-refractivity contribution in [2.24, 2.45) is 5.92 Å². The van der Waals surface area contributed by atoms with Crippen molar-refractivity contribution in [3.05, 3.63) is 0 Å². The Kier molecular flexibility index (Phi) is 4.14. The maximum atomic E-state index is 12.0. The molecule has 0 saturated carbocycles. The molecule has 1 saturated heterocycles. The second-order valence-electron chi connectivity index (χ2n) is 6.42. The number of aliphatic carboxylic acids is 1. The van der Waals surface area contributed by atoms with Gasteiger partial charge in [0.05, 0.1) is 12.1 Å². The lowest BCUT2D eigenvalue weighted by Crippen LogP contribution is -2.44. The topological polar surface area (TPSA) is 87.1 Å². The van der Waals surface area contributed by atoms with E-state index in [1.165, 1.54) is 0 Å². The molecule has 6 heteroatoms. The highest BCUT2D eigenvalue weighted by atomic mass is 16.6. The lowest BCUT2D eigenvalue weighted by atomic mass is 9.88. The van der Waals surface area contributed by atoms with Crippen molar-refractivity contribution >= 4 is 12.1 Å². The highest BCUT2D eigenvalue weighted by Crippen LogP contribution is 2.34. The first kappa shape index (κ1) is 15.8. The van der Waals surface area contributed by atoms with Gasteiger partial charge < -0.3 is 14.9 Å². The number of carbonyl (C=O) groups is 2. The third-order valence-corrected chi connectivity index (χ3v) is 3.35. The zero-order chi connectivity index (χ0) is 15.0. The van der Waals surface area contributed by atoms with Gasteiger partial charge in [0.15, 0.2) is 0 Å². The van der Waals surface area contributed by atoms with E-state index in [1.54, 1.807) is 34.6 Å². The van der Waals surface area contributed by atoms with Gasteiger partial charge in [-0.05, 0) is 26.7 Å². The molecule has 2 atom stereocenters. The Bertz CT molecular complexity index is 374. The number of hydrogen-bond acceptors (Lipinski definition) is 4. The van der Waals surface area contributed by atoms with Gasteiger partial charge in [-0.25, -0.2) is 9.59 Å². The van der Waals surface area contributed by atoms with Gasteiger partial charge in [-0.1, -0.05) is 13.8 Å². The maximum Gasteiger partial charge on any atom is 0.411 e. The van der Waals surface area contributed by atoms with Crippen LogP contribution in [0.15, 0.2) is 0 Å². The Morgan fingerprint density at radius 2 is 1.89 bits per heavy atom. The number of carboxylic acid groups (broad SMARTS) is 1. The van der Waals surface area contributed by atoms with Crippen molar-refractivity contribution < 1.29 is 24.5 Å². The first-order chi connectivity index (χ1) is 8.46. The van der Waals surface area contributed by atoms with Gasteiger partial charge in [0.2, 0.25) is 0 Å². The van der Waals surface area contributed by atoms with E-state index in [1.807, 2.05) is 0 Å². The molecule has 2 unspecified atom stereocenters. The zero-order valence-electron chi connectivity index (χ0n) is 12.1. The van der Waals surface area contributed by atoms with E-state index >= 15 is 0 Å². The summed E-state index contributed by atoms with van der Waals surface area (Å²) in [6.45, 7) is 8.73. The van der Waals surface area contributed by atoms with Crippen molar-refractivity contribution in [1.82, 2.24) is 4.90 Å². The number of carbonyl (C=O) groups excluding carboxylic acids is 1. The monoisotopic (exact) mass is 273 g/mol. The molecule has 110 valence electrons. The van der Waals surface area contributed by atoms with Crippen molar-refractivity contribution in [3.8, 4) is 0 Å². The van der Waals surface area contributed by atoms with E-state index in [0.29, 0.717) is 0 Å². The maximum absolute atomic E-state index is 12.0. The summed E-state index contributed by atoms with van der Waals surface area (Å²) in [4.78, 5) is 24.4. The van der Waals surface area contributed by atoms with Crippen LogP contribution in [0.4, 0.5) is 4.79 Å². The smallest absolute Gasteiger partial charge is 0.411 e. The molecule has 1 aliphatic heterocycles. The Morgan fingerprint density at radius 3 is 2.26 bits per heavy atom. The summed E-state index contributed by atoms with van der Waals surface area (Å²) >= 11 is 0. The average molecular weight is 273 g/mol. The fourth-order valence-electron chi connectivity index (χ4n) is 2.07. The van der Waals surface area contributed by atoms with E-state index in [9.17, 15) is 19.8 Å². The number of hydrogen-bond donors (Lipinski definition) is 2. The number of amides is 1. The molecule has 1 amide bonds. The molecule has 0 aromatic rings. The molecule has 1 heterocycles. The second kappa shape index (κ2) is 5.00. The Morgan fingerprint density at radius 1 is 1.37 bits per heavy atom. The van der Waals surface area contributed by atoms with E-state index in [4.69, 9.17) is 4.74 Å². The standard InChI is InChI=1S/C13H23NO5/c1-8(2)13(18)6-9(10(15)16)14(7-13)11(17)19-12(3,4)5/h8-9,18H,6-7H2,1-5H3,(H,15,16). The second-order valence-corrected chi connectivity index (χ2v) is 6.42. The molecule has 0 bridgehead atoms. The summed E-state index contributed by atoms with van der Waals surface area (Å²) in [5, 5.41) is 19.6. The first-order valence-electron chi connectivity index (χ1n) is 6.41. The Balaban J connectivity index is 2.92. The zero-order valence-corrected chi connectivity index (χ0v) is 12.1. The third-order valence-electron chi connectivity index (χ3n) is 3.35. The highest BCUT2D eigenvalue weighted by molar-refractivity contribution is 5.81. The SMILES string of the molecule is CC(C)C1(O)CC(C(=O)O)N(C(=O)OC(C)(C)C)C1. The molecule has 0 radical (unpaired) electrons. The van der Waals surface area contributed by atoms with Crippen LogP contribution >= 0.6 is 0 Å². The average Bonchev–Trinajstić information content (AvgIpc) is 2.55. The van der Waals surface area contributed by atoms with Crippen LogP contribution < -0.4 is 0 Å². The summed E-state index contributed by atoms with van der Waals surface area (Å²) in [5.41, 5.74) is -1.88. The van der Waals surface area contributed by atoms with Crippen LogP contribution in [0.1, 0.15) is 41.0 Å². The van der Waals surface area contributed by atoms with Crippen LogP contribution in [0.5, 0.6) is 0 Å². The predicted octanol–water partition coefficient (Wildman–Crippen LogP) is 1.47. The lowest BCUT2D eigenvalue weighted by Gasteiger charge is -2.28. The van der Waals surface area contributed by atoms with E-state index in [0.717, 1.165) is 4.90 Å². The molecular formula is C13H23NO5. The van der Waals surface area contributed by atoms with Crippen LogP contribution in [-0.4, -0.2) is 51.0 Å². The van der Waals surface area contributed by atoms with Crippen molar-refractivity contribution in [2.75, 3.05) is 6.54 Å². The molecular weight excluding hydrogens is 250 g/mol. The van der Waals surface area contributed by atoms with Crippen LogP contribution in [-0.2, 0) is 9.53 Å². The number of ether oxygens (including phenoxy) is 1. The number of β-amino-alcohol motifs (C(OH)–C–C–N with tert-alkyl or cyclic N) is 1. The van der Waals surface area contributed by atoms with Gasteiger partial charge in [0.25, 0.3) is 0 Å². The summed E-state index contributed by atoms with van der Waals surface area (Å²) in [6, 6.07) is -1.04. The number of nitrogens with zero attached hydrogens (tertiary/aromatic N) is 1. The first-order valence-corrected chi connectivity index (χ1v) is 6.41. The molecule has 1 fully saturated rings. The number of rotatable bonds is 2. The quantitative estimate of drug-likeness (QED) is 0.795. The third kappa shape index (κ3) is 3.59. The van der Waals surface area contributed by atoms with Crippen LogP contribution in [0.3, 0.4) is 0 Å². The fourth-order valence-corrected chi connectivity index (χ4v) is 2.07. The predicted molar refractivity (Wildman–Crippen MR) is 68.8 cm³/mol. The molecule has 0 spiro atoms. The molecule has 6 nitrogen and oxygen atoms in total. The van der Waals surface area contributed by atoms with Gasteiger partial charge in [-0.3, -0.25) is 4.90 Å². The molecule has 0 aliphatic carbocycles. The number of aliphatic hydroxyl groups is 1. The molecule has 1 rings (SSSR count). The number of carboxylic acids is 1. The van der Waals surface area contributed by atoms with Crippen LogP contribution in [0, 0.1) is 5.92 Å². The van der Waals surface area contributed by atoms with Crippen LogP contribution in [0.2, 0.25) is 0 Å². The molecule has 0 aromatic carbocycles. The molecule has 19 heavy (non-hydrogen) atoms. The van der Waals surface area contributed by atoms with Gasteiger partial charge in [0.1, 0.15) is 11.6 Å². The van der Waals surface area contributed by atoms with E-state index in [-0.39, 0.29) is 18.9 Å². The molecule has 0 aromatic heterocycles. The fraction of sp³-hybridized carbons (Fsp3) is 0.846. The highest BCUT2D eigenvalue weighted by Gasteiger charge is 2.50. The van der Waals surface area contributed by atoms with E-state index < -0.39 is 29.3 Å². The summed E-state index contributed by atoms with van der Waals surface area (Å²) in [5.74, 6) is -1.26. The molecule has 1 aliphatic rings. The minimum absolute atomic E-state index is 0.0173. The van der Waals surface area contributed by atoms with Gasteiger partial charge in [-0.2, -0.15) is 0 Å². The lowest BCUT2D eigenvalue weighted by molar-refractivity contribution is -0.142. The van der Waals surface area contributed by atoms with Crippen molar-refractivity contribution in [1.29, 1.82) is 0 Å². The normalized spacial score (nSPS) is 27.7. The van der Waals surface area contributed by atoms with E-state index in [2.05, 4.69) is 0 Å². The van der Waals surface area contributed by atoms with Gasteiger partial charge in [0, 0.05) is 6.42 Å². The largest absolute Gasteiger partial charge is 0.480 e. The molecule has 2 N–H and O–H groups in total. The summed E-state index contributed by atoms with van der Waals surface area (Å²) in [7, 11) is 0. The van der Waals surface area contributed by atoms with Gasteiger partial charge in [-0.15, -0.1) is 0 Å². The van der Waals surface area contributed by atoms with Crippen molar-refractivity contribution in [2.45, 2.75) is 58.3 Å². The Hall–Kier alpha value is -1.30. The van der Waals surface area contributed by atoms with Crippen LogP contribution in [0.25, 0.3) is 0 Å². The summed E-state index contributed by atoms with van der Waals surface area (Å²) < 4.78 is 5.19. The number of likely N-dealkylation sites (tertiary alicyclic amines) is 1.